The topological polar surface area (TPSA) is 105 Å². The normalized spacial score (nSPS) is 14.2. The highest BCUT2D eigenvalue weighted by Gasteiger charge is 2.25. The predicted molar refractivity (Wildman–Crippen MR) is 132 cm³/mol. The van der Waals surface area contributed by atoms with Gasteiger partial charge in [0.25, 0.3) is 0 Å². The average Bonchev–Trinajstić information content (AvgIpc) is 2.89. The third-order valence-corrected chi connectivity index (χ3v) is 7.54. The molecule has 1 aliphatic heterocycles. The van der Waals surface area contributed by atoms with Crippen molar-refractivity contribution in [2.24, 2.45) is 0 Å². The molecule has 0 aliphatic carbocycles. The van der Waals surface area contributed by atoms with Gasteiger partial charge in [0.1, 0.15) is 11.5 Å². The first-order valence-electron chi connectivity index (χ1n) is 11.4. The Kier molecular flexibility index (Phi) is 7.79. The third kappa shape index (κ3) is 6.46. The van der Waals surface area contributed by atoms with Crippen LogP contribution in [-0.4, -0.2) is 37.6 Å². The number of nitrogens with zero attached hydrogens (tertiary/aromatic N) is 1. The Morgan fingerprint density at radius 2 is 1.40 bits per heavy atom. The molecule has 0 bridgehead atoms. The van der Waals surface area contributed by atoms with Gasteiger partial charge in [0, 0.05) is 25.3 Å². The Labute approximate surface area is 205 Å². The van der Waals surface area contributed by atoms with E-state index in [9.17, 15) is 18.0 Å². The largest absolute Gasteiger partial charge is 0.457 e. The molecule has 2 N–H and O–H groups in total. The number of benzene rings is 3. The van der Waals surface area contributed by atoms with Gasteiger partial charge in [-0.1, -0.05) is 36.8 Å². The maximum Gasteiger partial charge on any atom is 0.313 e. The standard InChI is InChI=1S/C26H27N3O5S/c30-25(26(31)28-21-11-13-23(14-12-21)34-22-7-3-1-4-8-22)27-19-20-9-15-24(16-10-20)35(32,33)29-17-5-2-6-18-29/h1,3-4,7-16H,2,5-6,17-19H2,(H,27,30)(H,28,31). The van der Waals surface area contributed by atoms with E-state index in [1.165, 1.54) is 16.4 Å². The molecule has 0 radical (unpaired) electrons. The van der Waals surface area contributed by atoms with Gasteiger partial charge in [-0.3, -0.25) is 9.59 Å². The summed E-state index contributed by atoms with van der Waals surface area (Å²) < 4.78 is 32.7. The van der Waals surface area contributed by atoms with Crippen LogP contribution in [0.3, 0.4) is 0 Å². The number of para-hydroxylation sites is 1. The van der Waals surface area contributed by atoms with Crippen LogP contribution < -0.4 is 15.4 Å². The van der Waals surface area contributed by atoms with Crippen molar-refractivity contribution in [1.29, 1.82) is 0 Å². The molecule has 4 rings (SSSR count). The molecule has 2 amide bonds. The van der Waals surface area contributed by atoms with Crippen molar-refractivity contribution in [2.75, 3.05) is 18.4 Å². The van der Waals surface area contributed by atoms with E-state index < -0.39 is 21.8 Å². The molecule has 0 unspecified atom stereocenters. The van der Waals surface area contributed by atoms with Crippen molar-refractivity contribution >= 4 is 27.5 Å². The summed E-state index contributed by atoms with van der Waals surface area (Å²) in [7, 11) is -3.51. The fourth-order valence-corrected chi connectivity index (χ4v) is 5.23. The highest BCUT2D eigenvalue weighted by molar-refractivity contribution is 7.89. The Morgan fingerprint density at radius 3 is 2.06 bits per heavy atom. The van der Waals surface area contributed by atoms with Gasteiger partial charge in [-0.15, -0.1) is 0 Å². The van der Waals surface area contributed by atoms with Crippen molar-refractivity contribution in [2.45, 2.75) is 30.7 Å². The molecule has 1 fully saturated rings. The van der Waals surface area contributed by atoms with Crippen LogP contribution in [0.25, 0.3) is 0 Å². The number of sulfonamides is 1. The van der Waals surface area contributed by atoms with E-state index in [2.05, 4.69) is 10.6 Å². The SMILES string of the molecule is O=C(NCc1ccc(S(=O)(=O)N2CCCCC2)cc1)C(=O)Nc1ccc(Oc2ccccc2)cc1. The van der Waals surface area contributed by atoms with E-state index in [4.69, 9.17) is 4.74 Å². The summed E-state index contributed by atoms with van der Waals surface area (Å²) in [5, 5.41) is 5.09. The zero-order valence-electron chi connectivity index (χ0n) is 19.1. The van der Waals surface area contributed by atoms with E-state index in [1.807, 2.05) is 30.3 Å². The second kappa shape index (κ2) is 11.2. The number of hydrogen-bond donors (Lipinski definition) is 2. The molecule has 0 saturated carbocycles. The Balaban J connectivity index is 1.27. The van der Waals surface area contributed by atoms with Gasteiger partial charge in [0.2, 0.25) is 10.0 Å². The second-order valence-electron chi connectivity index (χ2n) is 8.18. The first-order chi connectivity index (χ1) is 16.9. The van der Waals surface area contributed by atoms with E-state index in [-0.39, 0.29) is 11.4 Å². The van der Waals surface area contributed by atoms with Crippen LogP contribution in [0.2, 0.25) is 0 Å². The van der Waals surface area contributed by atoms with E-state index in [0.717, 1.165) is 19.3 Å². The molecule has 8 nitrogen and oxygen atoms in total. The van der Waals surface area contributed by atoms with Gasteiger partial charge in [0.15, 0.2) is 0 Å². The van der Waals surface area contributed by atoms with Gasteiger partial charge in [-0.2, -0.15) is 4.31 Å². The highest BCUT2D eigenvalue weighted by atomic mass is 32.2. The molecular weight excluding hydrogens is 466 g/mol. The molecule has 0 spiro atoms. The zero-order valence-corrected chi connectivity index (χ0v) is 20.0. The van der Waals surface area contributed by atoms with Gasteiger partial charge in [-0.05, 0) is 66.9 Å². The first-order valence-corrected chi connectivity index (χ1v) is 12.9. The molecule has 182 valence electrons. The molecular formula is C26H27N3O5S. The fraction of sp³-hybridized carbons (Fsp3) is 0.231. The number of anilines is 1. The number of carbonyl (C=O) groups excluding carboxylic acids is 2. The van der Waals surface area contributed by atoms with Gasteiger partial charge < -0.3 is 15.4 Å². The maximum absolute atomic E-state index is 12.7. The summed E-state index contributed by atoms with van der Waals surface area (Å²) in [6.45, 7) is 1.18. The molecule has 9 heteroatoms. The molecule has 3 aromatic rings. The van der Waals surface area contributed by atoms with Gasteiger partial charge in [0.05, 0.1) is 4.90 Å². The molecule has 3 aromatic carbocycles. The van der Waals surface area contributed by atoms with Crippen LogP contribution in [0, 0.1) is 0 Å². The monoisotopic (exact) mass is 493 g/mol. The first kappa shape index (κ1) is 24.4. The van der Waals surface area contributed by atoms with Gasteiger partial charge in [-0.25, -0.2) is 8.42 Å². The zero-order chi connectivity index (χ0) is 24.7. The summed E-state index contributed by atoms with van der Waals surface area (Å²) in [6, 6.07) is 22.3. The minimum absolute atomic E-state index is 0.0974. The number of amides is 2. The lowest BCUT2D eigenvalue weighted by atomic mass is 10.2. The van der Waals surface area contributed by atoms with Crippen LogP contribution in [0.15, 0.2) is 83.8 Å². The van der Waals surface area contributed by atoms with Crippen molar-refractivity contribution in [3.8, 4) is 11.5 Å². The van der Waals surface area contributed by atoms with E-state index in [1.54, 1.807) is 36.4 Å². The van der Waals surface area contributed by atoms with Crippen LogP contribution in [0.4, 0.5) is 5.69 Å². The van der Waals surface area contributed by atoms with Crippen LogP contribution in [0.5, 0.6) is 11.5 Å². The van der Waals surface area contributed by atoms with Crippen molar-refractivity contribution in [3.05, 3.63) is 84.4 Å². The lowest BCUT2D eigenvalue weighted by Gasteiger charge is -2.25. The van der Waals surface area contributed by atoms with Crippen molar-refractivity contribution < 1.29 is 22.7 Å². The fourth-order valence-electron chi connectivity index (χ4n) is 3.72. The minimum atomic E-state index is -3.51. The number of piperidine rings is 1. The maximum atomic E-state index is 12.7. The highest BCUT2D eigenvalue weighted by Crippen LogP contribution is 2.23. The lowest BCUT2D eigenvalue weighted by Crippen LogP contribution is -2.35. The van der Waals surface area contributed by atoms with Crippen LogP contribution >= 0.6 is 0 Å². The predicted octanol–water partition coefficient (Wildman–Crippen LogP) is 3.91. The summed E-state index contributed by atoms with van der Waals surface area (Å²) in [5.41, 5.74) is 1.14. The van der Waals surface area contributed by atoms with Crippen LogP contribution in [-0.2, 0) is 26.2 Å². The third-order valence-electron chi connectivity index (χ3n) is 5.63. The number of rotatable bonds is 7. The number of hydrogen-bond acceptors (Lipinski definition) is 5. The summed E-state index contributed by atoms with van der Waals surface area (Å²) >= 11 is 0. The molecule has 1 heterocycles. The van der Waals surface area contributed by atoms with Gasteiger partial charge >= 0.3 is 11.8 Å². The van der Waals surface area contributed by atoms with Crippen LogP contribution in [0.1, 0.15) is 24.8 Å². The molecule has 0 aromatic heterocycles. The quantitative estimate of drug-likeness (QED) is 0.486. The number of carbonyl (C=O) groups is 2. The van der Waals surface area contributed by atoms with E-state index in [0.29, 0.717) is 35.8 Å². The smallest absolute Gasteiger partial charge is 0.313 e. The molecule has 35 heavy (non-hydrogen) atoms. The molecule has 1 saturated heterocycles. The Bertz CT molecular complexity index is 1250. The van der Waals surface area contributed by atoms with E-state index >= 15 is 0 Å². The average molecular weight is 494 g/mol. The lowest BCUT2D eigenvalue weighted by molar-refractivity contribution is -0.136. The number of ether oxygens (including phenoxy) is 1. The molecule has 0 atom stereocenters. The molecule has 1 aliphatic rings. The Hall–Kier alpha value is -3.69. The summed E-state index contributed by atoms with van der Waals surface area (Å²) in [5.74, 6) is -0.296. The second-order valence-corrected chi connectivity index (χ2v) is 10.1. The minimum Gasteiger partial charge on any atom is -0.457 e. The Morgan fingerprint density at radius 1 is 0.771 bits per heavy atom. The van der Waals surface area contributed by atoms with Crippen molar-refractivity contribution in [3.63, 3.8) is 0 Å². The van der Waals surface area contributed by atoms with Crippen molar-refractivity contribution in [1.82, 2.24) is 9.62 Å². The summed E-state index contributed by atoms with van der Waals surface area (Å²) in [4.78, 5) is 24.7. The number of nitrogens with one attached hydrogen (secondary N) is 2. The summed E-state index contributed by atoms with van der Waals surface area (Å²) in [6.07, 6.45) is 2.79.